The van der Waals surface area contributed by atoms with Gasteiger partial charge in [-0.3, -0.25) is 4.79 Å². The predicted octanol–water partition coefficient (Wildman–Crippen LogP) is 1.73. The molecule has 104 valence electrons. The van der Waals surface area contributed by atoms with Gasteiger partial charge in [-0.05, 0) is 30.1 Å². The second kappa shape index (κ2) is 7.81. The van der Waals surface area contributed by atoms with E-state index in [9.17, 15) is 9.59 Å². The molecule has 0 unspecified atom stereocenters. The standard InChI is InChI=1S/C13H17NO4S/c1-9(15)14-12-7-10(8-18-19-3)5-4-6-11(12)13(16)17-2/h5-7H,4,8H2,1-3H3,(H,14,15). The molecular formula is C13H17NO4S. The van der Waals surface area contributed by atoms with Crippen LogP contribution in [-0.4, -0.2) is 31.8 Å². The molecule has 0 bridgehead atoms. The molecule has 5 nitrogen and oxygen atoms in total. The van der Waals surface area contributed by atoms with Crippen molar-refractivity contribution >= 4 is 23.9 Å². The molecule has 0 atom stereocenters. The lowest BCUT2D eigenvalue weighted by molar-refractivity contribution is -0.135. The second-order valence-electron chi connectivity index (χ2n) is 3.79. The van der Waals surface area contributed by atoms with Crippen LogP contribution in [0.2, 0.25) is 0 Å². The number of esters is 1. The molecule has 0 aliphatic heterocycles. The first-order chi connectivity index (χ1) is 9.08. The lowest BCUT2D eigenvalue weighted by Gasteiger charge is -2.10. The highest BCUT2D eigenvalue weighted by molar-refractivity contribution is 7.93. The fourth-order valence-electron chi connectivity index (χ4n) is 1.58. The first-order valence-electron chi connectivity index (χ1n) is 5.71. The fraction of sp³-hybridized carbons (Fsp3) is 0.385. The third-order valence-electron chi connectivity index (χ3n) is 2.38. The van der Waals surface area contributed by atoms with Crippen molar-refractivity contribution in [1.29, 1.82) is 0 Å². The Bertz CT molecular complexity index is 452. The first-order valence-corrected chi connectivity index (χ1v) is 6.86. The van der Waals surface area contributed by atoms with Crippen molar-refractivity contribution in [2.75, 3.05) is 20.0 Å². The van der Waals surface area contributed by atoms with Crippen LogP contribution in [0.4, 0.5) is 0 Å². The van der Waals surface area contributed by atoms with E-state index in [0.29, 0.717) is 24.3 Å². The zero-order valence-corrected chi connectivity index (χ0v) is 12.0. The van der Waals surface area contributed by atoms with Crippen molar-refractivity contribution in [1.82, 2.24) is 5.32 Å². The van der Waals surface area contributed by atoms with E-state index in [4.69, 9.17) is 8.92 Å². The second-order valence-corrected chi connectivity index (χ2v) is 4.36. The molecule has 1 amide bonds. The summed E-state index contributed by atoms with van der Waals surface area (Å²) in [5, 5.41) is 2.64. The van der Waals surface area contributed by atoms with Crippen molar-refractivity contribution < 1.29 is 18.5 Å². The van der Waals surface area contributed by atoms with E-state index in [0.717, 1.165) is 5.57 Å². The molecule has 0 aromatic carbocycles. The highest BCUT2D eigenvalue weighted by Crippen LogP contribution is 2.19. The van der Waals surface area contributed by atoms with Gasteiger partial charge in [-0.15, -0.1) is 0 Å². The Balaban J connectivity index is 2.99. The molecule has 1 rings (SSSR count). The number of nitrogens with one attached hydrogen (secondary N) is 1. The molecule has 1 N–H and O–H groups in total. The quantitative estimate of drug-likeness (QED) is 0.615. The summed E-state index contributed by atoms with van der Waals surface area (Å²) in [6.07, 6.45) is 7.80. The van der Waals surface area contributed by atoms with Gasteiger partial charge in [0, 0.05) is 13.2 Å². The van der Waals surface area contributed by atoms with Gasteiger partial charge in [0.05, 0.1) is 25.0 Å². The Morgan fingerprint density at radius 1 is 1.42 bits per heavy atom. The van der Waals surface area contributed by atoms with E-state index >= 15 is 0 Å². The van der Waals surface area contributed by atoms with Crippen molar-refractivity contribution in [3.8, 4) is 0 Å². The maximum atomic E-state index is 11.7. The average molecular weight is 283 g/mol. The predicted molar refractivity (Wildman–Crippen MR) is 74.2 cm³/mol. The smallest absolute Gasteiger partial charge is 0.339 e. The largest absolute Gasteiger partial charge is 0.465 e. The van der Waals surface area contributed by atoms with Gasteiger partial charge in [-0.1, -0.05) is 12.2 Å². The molecule has 0 aromatic rings. The number of allylic oxidation sites excluding steroid dienone is 2. The minimum Gasteiger partial charge on any atom is -0.465 e. The van der Waals surface area contributed by atoms with Gasteiger partial charge in [0.1, 0.15) is 0 Å². The summed E-state index contributed by atoms with van der Waals surface area (Å²) < 4.78 is 9.97. The number of ether oxygens (including phenoxy) is 1. The molecule has 0 fully saturated rings. The van der Waals surface area contributed by atoms with E-state index in [2.05, 4.69) is 5.32 Å². The molecular weight excluding hydrogens is 266 g/mol. The van der Waals surface area contributed by atoms with Crippen molar-refractivity contribution in [3.05, 3.63) is 35.1 Å². The van der Waals surface area contributed by atoms with E-state index < -0.39 is 5.97 Å². The van der Waals surface area contributed by atoms with Gasteiger partial charge in [0.15, 0.2) is 0 Å². The number of hydrogen-bond donors (Lipinski definition) is 1. The van der Waals surface area contributed by atoms with Gasteiger partial charge >= 0.3 is 5.97 Å². The summed E-state index contributed by atoms with van der Waals surface area (Å²) in [5.41, 5.74) is 1.69. The Morgan fingerprint density at radius 3 is 2.74 bits per heavy atom. The normalized spacial score (nSPS) is 14.8. The van der Waals surface area contributed by atoms with Crippen LogP contribution in [0.25, 0.3) is 0 Å². The molecule has 1 aliphatic rings. The molecule has 0 heterocycles. The van der Waals surface area contributed by atoms with Gasteiger partial charge < -0.3 is 14.2 Å². The fourth-order valence-corrected chi connectivity index (χ4v) is 1.84. The van der Waals surface area contributed by atoms with Crippen LogP contribution in [0.1, 0.15) is 13.3 Å². The third-order valence-corrected chi connectivity index (χ3v) is 2.73. The number of carbonyl (C=O) groups is 2. The summed E-state index contributed by atoms with van der Waals surface area (Å²) in [7, 11) is 1.31. The van der Waals surface area contributed by atoms with Crippen LogP contribution in [0.3, 0.4) is 0 Å². The van der Waals surface area contributed by atoms with Crippen LogP contribution in [0, 0.1) is 0 Å². The summed E-state index contributed by atoms with van der Waals surface area (Å²) in [6, 6.07) is 0. The Kier molecular flexibility index (Phi) is 6.38. The molecule has 0 saturated carbocycles. The lowest BCUT2D eigenvalue weighted by atomic mass is 10.1. The highest BCUT2D eigenvalue weighted by atomic mass is 32.2. The summed E-state index contributed by atoms with van der Waals surface area (Å²) in [5.74, 6) is -0.714. The molecule has 6 heteroatoms. The minimum atomic E-state index is -0.472. The van der Waals surface area contributed by atoms with E-state index in [1.54, 1.807) is 12.2 Å². The average Bonchev–Trinajstić information content (AvgIpc) is 2.57. The van der Waals surface area contributed by atoms with Crippen molar-refractivity contribution in [3.63, 3.8) is 0 Å². The third kappa shape index (κ3) is 4.92. The summed E-state index contributed by atoms with van der Waals surface area (Å²) in [4.78, 5) is 22.9. The van der Waals surface area contributed by atoms with Crippen molar-refractivity contribution in [2.45, 2.75) is 13.3 Å². The Hall–Kier alpha value is -1.53. The van der Waals surface area contributed by atoms with Gasteiger partial charge in [0.2, 0.25) is 5.91 Å². The molecule has 19 heavy (non-hydrogen) atoms. The van der Waals surface area contributed by atoms with Crippen LogP contribution >= 0.6 is 12.0 Å². The Morgan fingerprint density at radius 2 is 2.16 bits per heavy atom. The SMILES string of the molecule is COC(=O)C1=CCC=C(COSC)C=C1NC(C)=O. The maximum absolute atomic E-state index is 11.7. The van der Waals surface area contributed by atoms with Crippen LogP contribution in [0.5, 0.6) is 0 Å². The van der Waals surface area contributed by atoms with E-state index in [1.165, 1.54) is 26.1 Å². The lowest BCUT2D eigenvalue weighted by Crippen LogP contribution is -2.24. The zero-order chi connectivity index (χ0) is 14.3. The monoisotopic (exact) mass is 283 g/mol. The number of hydrogen-bond acceptors (Lipinski definition) is 5. The summed E-state index contributed by atoms with van der Waals surface area (Å²) in [6.45, 7) is 1.80. The number of methoxy groups -OCH3 is 1. The van der Waals surface area contributed by atoms with E-state index in [1.807, 2.05) is 12.3 Å². The van der Waals surface area contributed by atoms with E-state index in [-0.39, 0.29) is 5.91 Å². The van der Waals surface area contributed by atoms with Crippen LogP contribution in [0.15, 0.2) is 35.1 Å². The zero-order valence-electron chi connectivity index (χ0n) is 11.2. The van der Waals surface area contributed by atoms with Gasteiger partial charge in [-0.25, -0.2) is 4.79 Å². The molecule has 1 aliphatic carbocycles. The van der Waals surface area contributed by atoms with Crippen LogP contribution in [-0.2, 0) is 18.5 Å². The van der Waals surface area contributed by atoms with Crippen LogP contribution < -0.4 is 5.32 Å². The number of carbonyl (C=O) groups excluding carboxylic acids is 2. The van der Waals surface area contributed by atoms with Gasteiger partial charge in [0.25, 0.3) is 0 Å². The highest BCUT2D eigenvalue weighted by Gasteiger charge is 2.18. The van der Waals surface area contributed by atoms with Crippen molar-refractivity contribution in [2.24, 2.45) is 0 Å². The maximum Gasteiger partial charge on any atom is 0.339 e. The molecule has 0 spiro atoms. The topological polar surface area (TPSA) is 64.6 Å². The molecule has 0 saturated heterocycles. The molecule has 0 radical (unpaired) electrons. The number of amides is 1. The Labute approximate surface area is 116 Å². The molecule has 0 aromatic heterocycles. The minimum absolute atomic E-state index is 0.243. The summed E-state index contributed by atoms with van der Waals surface area (Å²) >= 11 is 1.26. The first kappa shape index (κ1) is 15.5. The number of rotatable bonds is 5. The van der Waals surface area contributed by atoms with Gasteiger partial charge in [-0.2, -0.15) is 0 Å².